The maximum Gasteiger partial charge on any atom is 0.472 e. The molecule has 2 unspecified atom stereocenters. The third kappa shape index (κ3) is 37.7. The Bertz CT molecular complexity index is 942. The van der Waals surface area contributed by atoms with Gasteiger partial charge in [-0.15, -0.1) is 0 Å². The zero-order chi connectivity index (χ0) is 37.0. The van der Waals surface area contributed by atoms with Crippen LogP contribution in [0.1, 0.15) is 149 Å². The largest absolute Gasteiger partial charge is 0.472 e. The van der Waals surface area contributed by atoms with Crippen molar-refractivity contribution in [2.24, 2.45) is 0 Å². The van der Waals surface area contributed by atoms with Gasteiger partial charge in [0.2, 0.25) is 0 Å². The van der Waals surface area contributed by atoms with Crippen LogP contribution in [0.15, 0.2) is 48.6 Å². The van der Waals surface area contributed by atoms with Crippen LogP contribution < -0.4 is 0 Å². The highest BCUT2D eigenvalue weighted by molar-refractivity contribution is 7.47. The second-order valence-corrected chi connectivity index (χ2v) is 15.7. The maximum absolute atomic E-state index is 12.6. The van der Waals surface area contributed by atoms with E-state index in [-0.39, 0.29) is 25.8 Å². The summed E-state index contributed by atoms with van der Waals surface area (Å²) >= 11 is 0. The molecule has 0 aromatic rings. The fourth-order valence-electron chi connectivity index (χ4n) is 5.07. The quantitative estimate of drug-likeness (QED) is 0.0226. The Balaban J connectivity index is 4.35. The summed E-state index contributed by atoms with van der Waals surface area (Å²) in [5.41, 5.74) is 0. The highest BCUT2D eigenvalue weighted by Gasteiger charge is 2.26. The van der Waals surface area contributed by atoms with E-state index in [1.807, 2.05) is 21.1 Å². The number of nitrogens with zero attached hydrogens (tertiary/aromatic N) is 1. The second-order valence-electron chi connectivity index (χ2n) is 14.3. The molecule has 0 fully saturated rings. The Morgan fingerprint density at radius 1 is 0.640 bits per heavy atom. The molecule has 1 N–H and O–H groups in total. The molecule has 0 aliphatic rings. The monoisotopic (exact) mass is 727 g/mol. The summed E-state index contributed by atoms with van der Waals surface area (Å²) in [6.45, 7) is 5.41. The molecule has 0 bridgehead atoms. The van der Waals surface area contributed by atoms with E-state index in [0.29, 0.717) is 24.1 Å². The number of phosphoric ester groups is 1. The van der Waals surface area contributed by atoms with Gasteiger partial charge in [-0.25, -0.2) is 4.57 Å². The van der Waals surface area contributed by atoms with Crippen molar-refractivity contribution >= 4 is 13.8 Å². The van der Waals surface area contributed by atoms with E-state index in [0.717, 1.165) is 70.6 Å². The predicted molar refractivity (Wildman–Crippen MR) is 210 cm³/mol. The van der Waals surface area contributed by atoms with Crippen molar-refractivity contribution < 1.29 is 37.3 Å². The molecule has 2 atom stereocenters. The van der Waals surface area contributed by atoms with Gasteiger partial charge >= 0.3 is 13.8 Å². The minimum Gasteiger partial charge on any atom is -0.457 e. The number of hydrogen-bond donors (Lipinski definition) is 1. The van der Waals surface area contributed by atoms with Crippen molar-refractivity contribution in [2.45, 2.75) is 155 Å². The van der Waals surface area contributed by atoms with Gasteiger partial charge in [0.05, 0.1) is 34.4 Å². The van der Waals surface area contributed by atoms with Crippen LogP contribution in [-0.2, 0) is 27.9 Å². The zero-order valence-corrected chi connectivity index (χ0v) is 33.8. The van der Waals surface area contributed by atoms with Crippen LogP contribution in [0.3, 0.4) is 0 Å². The number of ether oxygens (including phenoxy) is 2. The fraction of sp³-hybridized carbons (Fsp3) is 0.780. The third-order valence-electron chi connectivity index (χ3n) is 8.15. The molecule has 0 saturated heterocycles. The first-order chi connectivity index (χ1) is 24.1. The Morgan fingerprint density at radius 3 is 1.72 bits per heavy atom. The number of allylic oxidation sites excluding steroid dienone is 8. The molecule has 0 saturated carbocycles. The number of likely N-dealkylation sites (N-methyl/N-ethyl adjacent to an activating group) is 1. The smallest absolute Gasteiger partial charge is 0.457 e. The average Bonchev–Trinajstić information content (AvgIpc) is 3.06. The Morgan fingerprint density at radius 2 is 1.16 bits per heavy atom. The van der Waals surface area contributed by atoms with Crippen LogP contribution in [0.4, 0.5) is 0 Å². The van der Waals surface area contributed by atoms with Gasteiger partial charge in [0.15, 0.2) is 0 Å². The Labute approximate surface area is 308 Å². The van der Waals surface area contributed by atoms with Crippen LogP contribution in [0.25, 0.3) is 0 Å². The molecule has 9 heteroatoms. The number of esters is 1. The lowest BCUT2D eigenvalue weighted by molar-refractivity contribution is -0.870. The van der Waals surface area contributed by atoms with Crippen molar-refractivity contribution in [3.05, 3.63) is 48.6 Å². The number of phosphoric acid groups is 1. The molecule has 0 heterocycles. The minimum atomic E-state index is -4.28. The summed E-state index contributed by atoms with van der Waals surface area (Å²) in [7, 11) is 1.64. The lowest BCUT2D eigenvalue weighted by atomic mass is 10.0. The van der Waals surface area contributed by atoms with Crippen LogP contribution >= 0.6 is 7.82 Å². The molecule has 50 heavy (non-hydrogen) atoms. The number of carbonyl (C=O) groups is 1. The second kappa shape index (κ2) is 34.5. The standard InChI is InChI=1S/C41H76NO7P/c1-6-8-10-12-14-16-18-20-21-22-23-25-27-29-31-33-36-46-38-40(39-48-50(44,45)47-37-35-42(3,4)5)49-41(43)34-32-30-28-26-24-19-17-15-13-11-9-7-2/h8,10,14,16,20-21,23,25,40H,6-7,9,11-13,15,17-19,22,24,26-39H2,1-5H3/p+1/b10-8-,16-14-,21-20-,25-23-. The first-order valence-corrected chi connectivity index (χ1v) is 21.4. The SMILES string of the molecule is CC/C=C\C/C=C\C/C=C\C/C=C\CCCCCOCC(COP(=O)(O)OCC[N+](C)(C)C)OC(=O)CCCCCCCCCCCCCC. The lowest BCUT2D eigenvalue weighted by Crippen LogP contribution is -2.37. The Kier molecular flexibility index (Phi) is 33.5. The van der Waals surface area contributed by atoms with Gasteiger partial charge in [0, 0.05) is 13.0 Å². The average molecular weight is 727 g/mol. The summed E-state index contributed by atoms with van der Waals surface area (Å²) in [6, 6.07) is 0. The van der Waals surface area contributed by atoms with Gasteiger partial charge in [-0.2, -0.15) is 0 Å². The molecule has 292 valence electrons. The van der Waals surface area contributed by atoms with E-state index in [4.69, 9.17) is 18.5 Å². The summed E-state index contributed by atoms with van der Waals surface area (Å²) in [6.07, 6.45) is 40.0. The highest BCUT2D eigenvalue weighted by atomic mass is 31.2. The molecule has 0 amide bonds. The van der Waals surface area contributed by atoms with E-state index < -0.39 is 13.9 Å². The highest BCUT2D eigenvalue weighted by Crippen LogP contribution is 2.43. The molecule has 0 aromatic heterocycles. The van der Waals surface area contributed by atoms with Gasteiger partial charge in [-0.05, 0) is 51.4 Å². The van der Waals surface area contributed by atoms with E-state index in [2.05, 4.69) is 62.5 Å². The van der Waals surface area contributed by atoms with E-state index >= 15 is 0 Å². The van der Waals surface area contributed by atoms with Crippen molar-refractivity contribution in [3.8, 4) is 0 Å². The number of rotatable bonds is 36. The Hall–Kier alpha value is -1.54. The zero-order valence-electron chi connectivity index (χ0n) is 32.9. The summed E-state index contributed by atoms with van der Waals surface area (Å²) < 4.78 is 34.8. The first-order valence-electron chi connectivity index (χ1n) is 19.9. The molecule has 0 radical (unpaired) electrons. The molecule has 0 aromatic carbocycles. The van der Waals surface area contributed by atoms with Crippen molar-refractivity contribution in [1.29, 1.82) is 0 Å². The minimum absolute atomic E-state index is 0.0815. The molecule has 8 nitrogen and oxygen atoms in total. The third-order valence-corrected chi connectivity index (χ3v) is 9.14. The van der Waals surface area contributed by atoms with Gasteiger partial charge < -0.3 is 18.9 Å². The van der Waals surface area contributed by atoms with Crippen LogP contribution in [0.5, 0.6) is 0 Å². The number of carbonyl (C=O) groups excluding carboxylic acids is 1. The van der Waals surface area contributed by atoms with Gasteiger partial charge in [0.25, 0.3) is 0 Å². The molecule has 0 aliphatic heterocycles. The first kappa shape index (κ1) is 48.5. The molecular formula is C41H77NO7P+. The van der Waals surface area contributed by atoms with Gasteiger partial charge in [-0.3, -0.25) is 13.8 Å². The van der Waals surface area contributed by atoms with Crippen molar-refractivity contribution in [2.75, 3.05) is 54.1 Å². The topological polar surface area (TPSA) is 91.3 Å². The summed E-state index contributed by atoms with van der Waals surface area (Å²) in [4.78, 5) is 22.8. The summed E-state index contributed by atoms with van der Waals surface area (Å²) in [5.74, 6) is -0.328. The fourth-order valence-corrected chi connectivity index (χ4v) is 5.81. The normalized spacial score (nSPS) is 14.4. The lowest BCUT2D eigenvalue weighted by Gasteiger charge is -2.24. The predicted octanol–water partition coefficient (Wildman–Crippen LogP) is 11.2. The number of unbranched alkanes of at least 4 members (excludes halogenated alkanes) is 14. The molecule has 0 aliphatic carbocycles. The summed E-state index contributed by atoms with van der Waals surface area (Å²) in [5, 5.41) is 0. The van der Waals surface area contributed by atoms with Crippen LogP contribution in [0.2, 0.25) is 0 Å². The molecule has 0 rings (SSSR count). The van der Waals surface area contributed by atoms with Crippen LogP contribution in [0, 0.1) is 0 Å². The van der Waals surface area contributed by atoms with E-state index in [1.54, 1.807) is 0 Å². The van der Waals surface area contributed by atoms with Gasteiger partial charge in [0.1, 0.15) is 19.3 Å². The van der Waals surface area contributed by atoms with E-state index in [9.17, 15) is 14.3 Å². The van der Waals surface area contributed by atoms with Gasteiger partial charge in [-0.1, -0.05) is 140 Å². The number of quaternary nitrogens is 1. The maximum atomic E-state index is 12.6. The van der Waals surface area contributed by atoms with E-state index in [1.165, 1.54) is 57.8 Å². The van der Waals surface area contributed by atoms with Crippen molar-refractivity contribution in [3.63, 3.8) is 0 Å². The van der Waals surface area contributed by atoms with Crippen LogP contribution in [-0.4, -0.2) is 75.6 Å². The van der Waals surface area contributed by atoms with Crippen molar-refractivity contribution in [1.82, 2.24) is 0 Å². The molecular weight excluding hydrogens is 649 g/mol. The number of hydrogen-bond acceptors (Lipinski definition) is 6. The molecule has 0 spiro atoms.